The molecule has 2 rings (SSSR count). The van der Waals surface area contributed by atoms with Gasteiger partial charge in [-0.05, 0) is 0 Å². The Balaban J connectivity index is 2.04. The van der Waals surface area contributed by atoms with Gasteiger partial charge in [0.25, 0.3) is 0 Å². The summed E-state index contributed by atoms with van der Waals surface area (Å²) < 4.78 is 4.70. The lowest BCUT2D eigenvalue weighted by Gasteiger charge is -2.09. The fourth-order valence-electron chi connectivity index (χ4n) is 0.652. The summed E-state index contributed by atoms with van der Waals surface area (Å²) in [6, 6.07) is 0. The Morgan fingerprint density at radius 2 is 2.60 bits per heavy atom. The molecule has 2 N–H and O–H groups in total. The van der Waals surface area contributed by atoms with Gasteiger partial charge in [0.1, 0.15) is 6.26 Å². The van der Waals surface area contributed by atoms with Crippen LogP contribution in [0.5, 0.6) is 0 Å². The van der Waals surface area contributed by atoms with Crippen molar-refractivity contribution in [3.05, 3.63) is 31.3 Å². The van der Waals surface area contributed by atoms with E-state index in [2.05, 4.69) is 22.6 Å². The van der Waals surface area contributed by atoms with Gasteiger partial charge in [0.05, 0.1) is 0 Å². The minimum Gasteiger partial charge on any atom is -0.461 e. The third kappa shape index (κ3) is 0.763. The molecule has 0 spiro atoms. The molecule has 5 nitrogen and oxygen atoms in total. The lowest BCUT2D eigenvalue weighted by atomic mass is 10.7. The fraction of sp³-hybridized carbons (Fsp3) is 0. The molecule has 52 valence electrons. The van der Waals surface area contributed by atoms with Crippen molar-refractivity contribution in [3.8, 4) is 0 Å². The summed E-state index contributed by atoms with van der Waals surface area (Å²) in [5, 5.41) is 0. The second-order valence-electron chi connectivity index (χ2n) is 1.71. The molecule has 2 radical (unpaired) electrons. The van der Waals surface area contributed by atoms with Gasteiger partial charge in [-0.3, -0.25) is 10.3 Å². The van der Waals surface area contributed by atoms with Crippen molar-refractivity contribution < 1.29 is 9.57 Å². The second-order valence-corrected chi connectivity index (χ2v) is 1.71. The van der Waals surface area contributed by atoms with Crippen molar-refractivity contribution in [1.29, 1.82) is 0 Å². The van der Waals surface area contributed by atoms with Crippen LogP contribution in [0.25, 0.3) is 0 Å². The van der Waals surface area contributed by atoms with E-state index in [4.69, 9.17) is 4.74 Å². The predicted molar refractivity (Wildman–Crippen MR) is 30.7 cm³/mol. The summed E-state index contributed by atoms with van der Waals surface area (Å²) >= 11 is 0. The van der Waals surface area contributed by atoms with Gasteiger partial charge >= 0.3 is 6.73 Å². The van der Waals surface area contributed by atoms with Crippen LogP contribution in [-0.4, -0.2) is 4.90 Å². The molecule has 5 heteroatoms. The van der Waals surface area contributed by atoms with Crippen LogP contribution in [0, 0.1) is 6.73 Å². The van der Waals surface area contributed by atoms with Crippen molar-refractivity contribution in [2.24, 2.45) is 0 Å². The highest BCUT2D eigenvalue weighted by molar-refractivity contribution is 5.05. The van der Waals surface area contributed by atoms with Crippen LogP contribution in [0.1, 0.15) is 0 Å². The van der Waals surface area contributed by atoms with E-state index < -0.39 is 0 Å². The van der Waals surface area contributed by atoms with Crippen LogP contribution >= 0.6 is 0 Å². The van der Waals surface area contributed by atoms with Crippen molar-refractivity contribution in [2.45, 2.75) is 0 Å². The SMILES string of the molecule is [C]1OC=CN1C1=CONN1. The number of hydrogen-bond acceptors (Lipinski definition) is 5. The van der Waals surface area contributed by atoms with Crippen LogP contribution in [0.15, 0.2) is 24.5 Å². The van der Waals surface area contributed by atoms with E-state index in [0.29, 0.717) is 0 Å². The highest BCUT2D eigenvalue weighted by atomic mass is 16.7. The summed E-state index contributed by atoms with van der Waals surface area (Å²) in [5.41, 5.74) is 5.16. The molecule has 0 aromatic carbocycles. The lowest BCUT2D eigenvalue weighted by molar-refractivity contribution is 0.135. The average Bonchev–Trinajstić information content (AvgIpc) is 2.59. The standard InChI is InChI=1S/C5H5N3O2/c1-2-9-4-8(1)5-3-10-7-6-5/h1-3,6-7H. The van der Waals surface area contributed by atoms with E-state index in [1.54, 1.807) is 11.1 Å². The van der Waals surface area contributed by atoms with Crippen LogP contribution in [0.3, 0.4) is 0 Å². The molecular weight excluding hydrogens is 134 g/mol. The first-order chi connectivity index (χ1) is 4.97. The zero-order valence-electron chi connectivity index (χ0n) is 5.00. The molecule has 0 saturated heterocycles. The van der Waals surface area contributed by atoms with Crippen molar-refractivity contribution in [3.63, 3.8) is 0 Å². The second kappa shape index (κ2) is 2.11. The first kappa shape index (κ1) is 5.43. The van der Waals surface area contributed by atoms with E-state index in [0.717, 1.165) is 5.82 Å². The third-order valence-corrected chi connectivity index (χ3v) is 1.10. The zero-order valence-corrected chi connectivity index (χ0v) is 5.00. The number of rotatable bonds is 1. The first-order valence-corrected chi connectivity index (χ1v) is 2.71. The van der Waals surface area contributed by atoms with E-state index >= 15 is 0 Å². The topological polar surface area (TPSA) is 45.8 Å². The largest absolute Gasteiger partial charge is 0.461 e. The Labute approximate surface area is 57.8 Å². The van der Waals surface area contributed by atoms with Gasteiger partial charge in [-0.25, -0.2) is 0 Å². The van der Waals surface area contributed by atoms with Gasteiger partial charge in [-0.15, -0.1) is 0 Å². The summed E-state index contributed by atoms with van der Waals surface area (Å²) in [4.78, 5) is 6.29. The molecule has 0 aromatic rings. The minimum absolute atomic E-state index is 0.730. The van der Waals surface area contributed by atoms with E-state index in [1.807, 2.05) is 0 Å². The Morgan fingerprint density at radius 3 is 3.20 bits per heavy atom. The molecule has 0 atom stereocenters. The summed E-state index contributed by atoms with van der Waals surface area (Å²) in [6.45, 7) is 2.57. The van der Waals surface area contributed by atoms with Crippen molar-refractivity contribution in [2.75, 3.05) is 0 Å². The van der Waals surface area contributed by atoms with Crippen LogP contribution < -0.4 is 11.0 Å². The predicted octanol–water partition coefficient (Wildman–Crippen LogP) is -0.376. The van der Waals surface area contributed by atoms with E-state index in [1.165, 1.54) is 12.5 Å². The molecule has 0 fully saturated rings. The average molecular weight is 139 g/mol. The van der Waals surface area contributed by atoms with Gasteiger partial charge in [0.15, 0.2) is 12.1 Å². The quantitative estimate of drug-likeness (QED) is 0.518. The Morgan fingerprint density at radius 1 is 1.60 bits per heavy atom. The molecule has 2 aliphatic heterocycles. The van der Waals surface area contributed by atoms with Gasteiger partial charge in [0, 0.05) is 6.20 Å². The molecule has 10 heavy (non-hydrogen) atoms. The number of nitrogens with one attached hydrogen (secondary N) is 2. The fourth-order valence-corrected chi connectivity index (χ4v) is 0.652. The third-order valence-electron chi connectivity index (χ3n) is 1.10. The Bertz CT molecular complexity index is 189. The Hall–Kier alpha value is -1.36. The zero-order chi connectivity index (χ0) is 6.81. The van der Waals surface area contributed by atoms with Gasteiger partial charge in [-0.1, -0.05) is 5.59 Å². The summed E-state index contributed by atoms with van der Waals surface area (Å²) in [5.74, 6) is 0.730. The highest BCUT2D eigenvalue weighted by Gasteiger charge is 2.16. The van der Waals surface area contributed by atoms with E-state index in [-0.39, 0.29) is 0 Å². The van der Waals surface area contributed by atoms with Crippen molar-refractivity contribution >= 4 is 0 Å². The normalized spacial score (nSPS) is 21.6. The number of hydrazine groups is 1. The monoisotopic (exact) mass is 139 g/mol. The molecule has 0 aliphatic carbocycles. The Kier molecular flexibility index (Phi) is 1.14. The number of nitrogens with zero attached hydrogens (tertiary/aromatic N) is 1. The molecule has 0 amide bonds. The van der Waals surface area contributed by atoms with E-state index in [9.17, 15) is 0 Å². The van der Waals surface area contributed by atoms with Crippen LogP contribution in [-0.2, 0) is 9.57 Å². The summed E-state index contributed by atoms with van der Waals surface area (Å²) in [6.07, 6.45) is 4.72. The summed E-state index contributed by atoms with van der Waals surface area (Å²) in [7, 11) is 0. The van der Waals surface area contributed by atoms with Gasteiger partial charge in [-0.2, -0.15) is 0 Å². The molecule has 0 aromatic heterocycles. The first-order valence-electron chi connectivity index (χ1n) is 2.71. The molecule has 2 aliphatic rings. The van der Waals surface area contributed by atoms with Crippen LogP contribution in [0.2, 0.25) is 0 Å². The smallest absolute Gasteiger partial charge is 0.320 e. The molecule has 0 bridgehead atoms. The van der Waals surface area contributed by atoms with Crippen LogP contribution in [0.4, 0.5) is 0 Å². The molecule has 0 saturated carbocycles. The van der Waals surface area contributed by atoms with Crippen molar-refractivity contribution in [1.82, 2.24) is 15.9 Å². The van der Waals surface area contributed by atoms with Gasteiger partial charge < -0.3 is 9.57 Å². The molecular formula is C5H5N3O2. The maximum atomic E-state index is 4.70. The molecule has 0 unspecified atom stereocenters. The molecule has 2 heterocycles. The minimum atomic E-state index is 0.730. The maximum Gasteiger partial charge on any atom is 0.320 e. The number of hydrogen-bond donors (Lipinski definition) is 2. The number of ether oxygens (including phenoxy) is 1. The maximum absolute atomic E-state index is 4.70. The lowest BCUT2D eigenvalue weighted by Crippen LogP contribution is -2.28. The highest BCUT2D eigenvalue weighted by Crippen LogP contribution is 2.12. The van der Waals surface area contributed by atoms with Gasteiger partial charge in [0.2, 0.25) is 0 Å².